The number of guanidine groups is 1. The molecule has 0 aromatic carbocycles. The van der Waals surface area contributed by atoms with Crippen molar-refractivity contribution < 1.29 is 4.52 Å². The highest BCUT2D eigenvalue weighted by atomic mass is 127. The summed E-state index contributed by atoms with van der Waals surface area (Å²) in [4.78, 5) is 11.5. The molecule has 156 valence electrons. The summed E-state index contributed by atoms with van der Waals surface area (Å²) in [6, 6.07) is 0. The molecule has 1 heterocycles. The minimum atomic E-state index is 0. The molecule has 0 radical (unpaired) electrons. The van der Waals surface area contributed by atoms with Crippen LogP contribution in [0.4, 0.5) is 0 Å². The van der Waals surface area contributed by atoms with Gasteiger partial charge in [0.2, 0.25) is 5.89 Å². The Morgan fingerprint density at radius 1 is 1.30 bits per heavy atom. The van der Waals surface area contributed by atoms with E-state index in [0.29, 0.717) is 5.92 Å². The van der Waals surface area contributed by atoms with Crippen molar-refractivity contribution >= 4 is 29.9 Å². The van der Waals surface area contributed by atoms with E-state index < -0.39 is 0 Å². The minimum Gasteiger partial charge on any atom is -0.357 e. The average Bonchev–Trinajstić information content (AvgIpc) is 3.09. The number of nitrogens with one attached hydrogen (secondary N) is 1. The normalized spacial score (nSPS) is 20.4. The quantitative estimate of drug-likeness (QED) is 0.252. The first-order valence-corrected chi connectivity index (χ1v) is 10.3. The van der Waals surface area contributed by atoms with Crippen LogP contribution >= 0.6 is 24.0 Å². The fourth-order valence-electron chi connectivity index (χ4n) is 3.47. The van der Waals surface area contributed by atoms with Gasteiger partial charge in [-0.05, 0) is 38.0 Å². The number of aryl methyl sites for hydroxylation is 1. The summed E-state index contributed by atoms with van der Waals surface area (Å²) in [5.41, 5.74) is 0. The van der Waals surface area contributed by atoms with E-state index in [1.165, 1.54) is 25.7 Å². The number of aromatic nitrogens is 2. The molecule has 1 fully saturated rings. The summed E-state index contributed by atoms with van der Waals surface area (Å²) in [6.45, 7) is 11.4. The van der Waals surface area contributed by atoms with Gasteiger partial charge in [-0.2, -0.15) is 4.98 Å². The zero-order valence-electron chi connectivity index (χ0n) is 17.7. The van der Waals surface area contributed by atoms with Gasteiger partial charge in [-0.3, -0.25) is 4.99 Å². The van der Waals surface area contributed by atoms with Crippen LogP contribution in [0.5, 0.6) is 0 Å². The van der Waals surface area contributed by atoms with Crippen molar-refractivity contribution in [2.24, 2.45) is 16.8 Å². The van der Waals surface area contributed by atoms with E-state index in [2.05, 4.69) is 55.1 Å². The first kappa shape index (κ1) is 24.2. The first-order chi connectivity index (χ1) is 12.5. The van der Waals surface area contributed by atoms with E-state index in [1.54, 1.807) is 0 Å². The van der Waals surface area contributed by atoms with Crippen LogP contribution in [-0.4, -0.2) is 47.7 Å². The molecule has 1 aromatic heterocycles. The third kappa shape index (κ3) is 8.35. The number of aliphatic imine (C=N–C) groups is 1. The lowest BCUT2D eigenvalue weighted by atomic mass is 9.83. The molecule has 0 unspecified atom stereocenters. The summed E-state index contributed by atoms with van der Waals surface area (Å²) in [5, 5.41) is 7.44. The van der Waals surface area contributed by atoms with Gasteiger partial charge in [-0.15, -0.1) is 24.0 Å². The molecule has 1 aromatic rings. The summed E-state index contributed by atoms with van der Waals surface area (Å²) in [5.74, 6) is 4.53. The SMILES string of the molecule is CCNC(=NCCCc1nc(C(C)C)no1)N(C)CC1CCC(C)CC1.I. The average molecular weight is 491 g/mol. The Hall–Kier alpha value is -0.860. The lowest BCUT2D eigenvalue weighted by molar-refractivity contribution is 0.250. The van der Waals surface area contributed by atoms with Crippen molar-refractivity contribution in [2.45, 2.75) is 72.1 Å². The number of halogens is 1. The van der Waals surface area contributed by atoms with Crippen molar-refractivity contribution in [3.63, 3.8) is 0 Å². The van der Waals surface area contributed by atoms with Crippen LogP contribution in [-0.2, 0) is 6.42 Å². The Morgan fingerprint density at radius 3 is 2.59 bits per heavy atom. The van der Waals surface area contributed by atoms with Crippen LogP contribution in [0.1, 0.15) is 77.4 Å². The standard InChI is InChI=1S/C20H37N5O.HI/c1-6-21-20(25(5)14-17-11-9-16(4)10-12-17)22-13-7-8-18-23-19(15(2)3)24-26-18;/h15-17H,6-14H2,1-5H3,(H,21,22);1H. The van der Waals surface area contributed by atoms with E-state index in [4.69, 9.17) is 9.52 Å². The highest BCUT2D eigenvalue weighted by molar-refractivity contribution is 14.0. The Bertz CT molecular complexity index is 552. The van der Waals surface area contributed by atoms with Crippen molar-refractivity contribution in [1.29, 1.82) is 0 Å². The predicted molar refractivity (Wildman–Crippen MR) is 122 cm³/mol. The molecule has 1 saturated carbocycles. The number of hydrogen-bond acceptors (Lipinski definition) is 4. The maximum Gasteiger partial charge on any atom is 0.226 e. The van der Waals surface area contributed by atoms with Gasteiger partial charge in [0.1, 0.15) is 0 Å². The second kappa shape index (κ2) is 12.6. The zero-order chi connectivity index (χ0) is 18.9. The van der Waals surface area contributed by atoms with Crippen LogP contribution in [0.25, 0.3) is 0 Å². The summed E-state index contributed by atoms with van der Waals surface area (Å²) >= 11 is 0. The largest absolute Gasteiger partial charge is 0.357 e. The van der Waals surface area contributed by atoms with Gasteiger partial charge >= 0.3 is 0 Å². The summed E-state index contributed by atoms with van der Waals surface area (Å²) in [6.07, 6.45) is 7.14. The van der Waals surface area contributed by atoms with Gasteiger partial charge in [0.05, 0.1) is 0 Å². The first-order valence-electron chi connectivity index (χ1n) is 10.3. The van der Waals surface area contributed by atoms with Crippen molar-refractivity contribution in [3.8, 4) is 0 Å². The van der Waals surface area contributed by atoms with E-state index >= 15 is 0 Å². The molecule has 0 saturated heterocycles. The van der Waals surface area contributed by atoms with Gasteiger partial charge in [0.15, 0.2) is 11.8 Å². The fourth-order valence-corrected chi connectivity index (χ4v) is 3.47. The second-order valence-corrected chi connectivity index (χ2v) is 8.05. The maximum absolute atomic E-state index is 5.30. The van der Waals surface area contributed by atoms with E-state index in [9.17, 15) is 0 Å². The molecule has 27 heavy (non-hydrogen) atoms. The van der Waals surface area contributed by atoms with Crippen molar-refractivity contribution in [3.05, 3.63) is 11.7 Å². The van der Waals surface area contributed by atoms with Crippen LogP contribution in [0.2, 0.25) is 0 Å². The molecule has 0 aliphatic heterocycles. The molecule has 1 aliphatic carbocycles. The molecule has 6 nitrogen and oxygen atoms in total. The van der Waals surface area contributed by atoms with E-state index in [1.807, 2.05) is 0 Å². The Kier molecular flexibility index (Phi) is 11.3. The molecular formula is C20H38IN5O. The Balaban J connectivity index is 0.00000364. The summed E-state index contributed by atoms with van der Waals surface area (Å²) in [7, 11) is 2.16. The third-order valence-electron chi connectivity index (χ3n) is 5.17. The van der Waals surface area contributed by atoms with Crippen LogP contribution in [0.15, 0.2) is 9.52 Å². The van der Waals surface area contributed by atoms with Crippen LogP contribution in [0.3, 0.4) is 0 Å². The second-order valence-electron chi connectivity index (χ2n) is 8.05. The monoisotopic (exact) mass is 491 g/mol. The van der Waals surface area contributed by atoms with Gasteiger partial charge in [-0.1, -0.05) is 38.8 Å². The number of rotatable bonds is 8. The zero-order valence-corrected chi connectivity index (χ0v) is 20.0. The number of hydrogen-bond donors (Lipinski definition) is 1. The molecule has 0 atom stereocenters. The smallest absolute Gasteiger partial charge is 0.226 e. The lowest BCUT2D eigenvalue weighted by Crippen LogP contribution is -2.42. The third-order valence-corrected chi connectivity index (χ3v) is 5.17. The van der Waals surface area contributed by atoms with Crippen molar-refractivity contribution in [1.82, 2.24) is 20.4 Å². The van der Waals surface area contributed by atoms with E-state index in [0.717, 1.165) is 62.0 Å². The predicted octanol–water partition coefficient (Wildman–Crippen LogP) is 4.47. The minimum absolute atomic E-state index is 0. The number of nitrogens with zero attached hydrogens (tertiary/aromatic N) is 4. The molecule has 7 heteroatoms. The van der Waals surface area contributed by atoms with Gasteiger partial charge in [0.25, 0.3) is 0 Å². The summed E-state index contributed by atoms with van der Waals surface area (Å²) < 4.78 is 5.30. The van der Waals surface area contributed by atoms with Gasteiger partial charge in [0, 0.05) is 39.0 Å². The molecule has 1 aliphatic rings. The highest BCUT2D eigenvalue weighted by Gasteiger charge is 2.20. The lowest BCUT2D eigenvalue weighted by Gasteiger charge is -2.31. The molecule has 2 rings (SSSR count). The molecule has 0 spiro atoms. The van der Waals surface area contributed by atoms with Crippen LogP contribution < -0.4 is 5.32 Å². The Labute approximate surface area is 182 Å². The molecule has 1 N–H and O–H groups in total. The van der Waals surface area contributed by atoms with E-state index in [-0.39, 0.29) is 24.0 Å². The van der Waals surface area contributed by atoms with Crippen molar-refractivity contribution in [2.75, 3.05) is 26.7 Å². The fraction of sp³-hybridized carbons (Fsp3) is 0.850. The molecule has 0 bridgehead atoms. The Morgan fingerprint density at radius 2 is 2.00 bits per heavy atom. The van der Waals surface area contributed by atoms with Crippen LogP contribution in [0, 0.1) is 11.8 Å². The molecule has 0 amide bonds. The maximum atomic E-state index is 5.30. The molecular weight excluding hydrogens is 453 g/mol. The topological polar surface area (TPSA) is 66.5 Å². The van der Waals surface area contributed by atoms with Gasteiger partial charge in [-0.25, -0.2) is 0 Å². The highest BCUT2D eigenvalue weighted by Crippen LogP contribution is 2.28. The van der Waals surface area contributed by atoms with Gasteiger partial charge < -0.3 is 14.7 Å².